The van der Waals surface area contributed by atoms with E-state index in [0.717, 1.165) is 11.1 Å². The quantitative estimate of drug-likeness (QED) is 0.773. The fourth-order valence-electron chi connectivity index (χ4n) is 2.41. The summed E-state index contributed by atoms with van der Waals surface area (Å²) in [6, 6.07) is 7.94. The van der Waals surface area contributed by atoms with Crippen LogP contribution in [-0.4, -0.2) is 31.7 Å². The van der Waals surface area contributed by atoms with E-state index in [0.29, 0.717) is 11.2 Å². The van der Waals surface area contributed by atoms with E-state index in [2.05, 4.69) is 15.4 Å². The normalized spacial score (nSPS) is 10.7. The number of amides is 1. The largest absolute Gasteiger partial charge is 0.478 e. The Morgan fingerprint density at radius 2 is 2.00 bits per heavy atom. The van der Waals surface area contributed by atoms with Crippen molar-refractivity contribution in [2.45, 2.75) is 6.92 Å². The van der Waals surface area contributed by atoms with Crippen LogP contribution in [0.2, 0.25) is 0 Å². The van der Waals surface area contributed by atoms with Crippen LogP contribution in [0.4, 0.5) is 5.69 Å². The lowest BCUT2D eigenvalue weighted by molar-refractivity contribution is 0.0698. The van der Waals surface area contributed by atoms with Gasteiger partial charge in [0.2, 0.25) is 0 Å². The van der Waals surface area contributed by atoms with E-state index in [-0.39, 0.29) is 11.3 Å². The van der Waals surface area contributed by atoms with Crippen molar-refractivity contribution in [3.05, 3.63) is 53.3 Å². The third kappa shape index (κ3) is 2.64. The van der Waals surface area contributed by atoms with Crippen molar-refractivity contribution in [2.75, 3.05) is 5.32 Å². The number of benzene rings is 1. The fraction of sp³-hybridized carbons (Fsp3) is 0.125. The van der Waals surface area contributed by atoms with Crippen molar-refractivity contribution < 1.29 is 14.7 Å². The molecule has 3 rings (SSSR count). The molecular formula is C16H14N4O3. The van der Waals surface area contributed by atoms with E-state index < -0.39 is 11.9 Å². The highest BCUT2D eigenvalue weighted by Crippen LogP contribution is 2.19. The number of carboxylic acid groups (broad SMARTS) is 1. The molecule has 2 heterocycles. The predicted octanol–water partition coefficient (Wildman–Crippen LogP) is 2.23. The number of rotatable bonds is 3. The molecule has 23 heavy (non-hydrogen) atoms. The maximum Gasteiger partial charge on any atom is 0.337 e. The molecule has 0 aliphatic rings. The number of para-hydroxylation sites is 1. The van der Waals surface area contributed by atoms with Crippen molar-refractivity contribution in [2.24, 2.45) is 7.05 Å². The van der Waals surface area contributed by atoms with Crippen molar-refractivity contribution in [3.8, 4) is 0 Å². The average Bonchev–Trinajstić information content (AvgIpc) is 2.82. The van der Waals surface area contributed by atoms with Crippen molar-refractivity contribution in [1.82, 2.24) is 14.8 Å². The van der Waals surface area contributed by atoms with Crippen LogP contribution >= 0.6 is 0 Å². The highest BCUT2D eigenvalue weighted by molar-refractivity contribution is 6.08. The molecule has 0 bridgehead atoms. The van der Waals surface area contributed by atoms with Gasteiger partial charge in [0.1, 0.15) is 0 Å². The van der Waals surface area contributed by atoms with E-state index in [1.54, 1.807) is 36.0 Å². The summed E-state index contributed by atoms with van der Waals surface area (Å²) in [5.74, 6) is -1.52. The molecule has 7 nitrogen and oxygen atoms in total. The number of nitrogens with one attached hydrogen (secondary N) is 1. The Morgan fingerprint density at radius 3 is 2.74 bits per heavy atom. The SMILES string of the molecule is Cc1nn(C)c2ncc(C(=O)Nc3ccccc3C(=O)O)cc12. The second-order valence-electron chi connectivity index (χ2n) is 5.11. The average molecular weight is 310 g/mol. The molecule has 1 amide bonds. The van der Waals surface area contributed by atoms with Crippen molar-refractivity contribution >= 4 is 28.6 Å². The number of pyridine rings is 1. The molecule has 2 aromatic heterocycles. The second kappa shape index (κ2) is 5.53. The Labute approximate surface area is 131 Å². The van der Waals surface area contributed by atoms with E-state index in [9.17, 15) is 9.59 Å². The summed E-state index contributed by atoms with van der Waals surface area (Å²) < 4.78 is 1.64. The lowest BCUT2D eigenvalue weighted by Gasteiger charge is -2.08. The molecule has 1 aromatic carbocycles. The molecule has 0 spiro atoms. The van der Waals surface area contributed by atoms with Gasteiger partial charge in [-0.05, 0) is 25.1 Å². The minimum absolute atomic E-state index is 0.0347. The van der Waals surface area contributed by atoms with Gasteiger partial charge < -0.3 is 10.4 Å². The van der Waals surface area contributed by atoms with E-state index in [4.69, 9.17) is 5.11 Å². The Morgan fingerprint density at radius 1 is 1.26 bits per heavy atom. The van der Waals surface area contributed by atoms with Crippen LogP contribution in [0, 0.1) is 6.92 Å². The summed E-state index contributed by atoms with van der Waals surface area (Å²) in [7, 11) is 1.78. The van der Waals surface area contributed by atoms with Crippen LogP contribution in [0.25, 0.3) is 11.0 Å². The van der Waals surface area contributed by atoms with Gasteiger partial charge in [0, 0.05) is 18.6 Å². The highest BCUT2D eigenvalue weighted by atomic mass is 16.4. The standard InChI is InChI=1S/C16H14N4O3/c1-9-12-7-10(8-17-14(12)20(2)19-9)15(21)18-13-6-4-3-5-11(13)16(22)23/h3-8H,1-2H3,(H,18,21)(H,22,23). The van der Waals surface area contributed by atoms with Crippen molar-refractivity contribution in [3.63, 3.8) is 0 Å². The molecule has 0 aliphatic heterocycles. The predicted molar refractivity (Wildman–Crippen MR) is 84.6 cm³/mol. The minimum Gasteiger partial charge on any atom is -0.478 e. The number of hydrogen-bond donors (Lipinski definition) is 2. The molecule has 0 atom stereocenters. The third-order valence-electron chi connectivity index (χ3n) is 3.53. The summed E-state index contributed by atoms with van der Waals surface area (Å²) >= 11 is 0. The van der Waals surface area contributed by atoms with Crippen LogP contribution in [0.15, 0.2) is 36.5 Å². The Balaban J connectivity index is 1.95. The zero-order valence-corrected chi connectivity index (χ0v) is 12.6. The monoisotopic (exact) mass is 310 g/mol. The Hall–Kier alpha value is -3.22. The van der Waals surface area contributed by atoms with E-state index >= 15 is 0 Å². The number of aromatic carboxylic acids is 1. The van der Waals surface area contributed by atoms with Gasteiger partial charge in [-0.1, -0.05) is 12.1 Å². The summed E-state index contributed by atoms with van der Waals surface area (Å²) in [5.41, 5.74) is 2.08. The molecule has 0 saturated heterocycles. The smallest absolute Gasteiger partial charge is 0.337 e. The van der Waals surface area contributed by atoms with Gasteiger partial charge in [0.25, 0.3) is 5.91 Å². The number of aryl methyl sites for hydroxylation is 2. The minimum atomic E-state index is -1.10. The van der Waals surface area contributed by atoms with Crippen LogP contribution in [0.5, 0.6) is 0 Å². The first-order valence-corrected chi connectivity index (χ1v) is 6.90. The summed E-state index contributed by atoms with van der Waals surface area (Å²) in [6.45, 7) is 1.84. The molecule has 0 unspecified atom stereocenters. The third-order valence-corrected chi connectivity index (χ3v) is 3.53. The van der Waals surface area contributed by atoms with Crippen LogP contribution in [0.3, 0.4) is 0 Å². The molecule has 7 heteroatoms. The first-order valence-electron chi connectivity index (χ1n) is 6.90. The summed E-state index contributed by atoms with van der Waals surface area (Å²) in [6.07, 6.45) is 1.45. The number of carbonyl (C=O) groups excluding carboxylic acids is 1. The fourth-order valence-corrected chi connectivity index (χ4v) is 2.41. The first kappa shape index (κ1) is 14.7. The number of aromatic nitrogens is 3. The van der Waals surface area contributed by atoms with Gasteiger partial charge >= 0.3 is 5.97 Å². The van der Waals surface area contributed by atoms with Gasteiger partial charge in [-0.15, -0.1) is 0 Å². The summed E-state index contributed by atoms with van der Waals surface area (Å²) in [5, 5.41) is 16.8. The maximum atomic E-state index is 12.4. The summed E-state index contributed by atoms with van der Waals surface area (Å²) in [4.78, 5) is 27.8. The van der Waals surface area contributed by atoms with E-state index in [1.807, 2.05) is 6.92 Å². The lowest BCUT2D eigenvalue weighted by Crippen LogP contribution is -2.15. The molecule has 2 N–H and O–H groups in total. The molecule has 0 aliphatic carbocycles. The zero-order valence-electron chi connectivity index (χ0n) is 12.6. The molecule has 0 fully saturated rings. The highest BCUT2D eigenvalue weighted by Gasteiger charge is 2.15. The Bertz CT molecular complexity index is 930. The number of hydrogen-bond acceptors (Lipinski definition) is 4. The van der Waals surface area contributed by atoms with Gasteiger partial charge in [-0.3, -0.25) is 9.48 Å². The van der Waals surface area contributed by atoms with Gasteiger partial charge in [0.15, 0.2) is 5.65 Å². The number of nitrogens with zero attached hydrogens (tertiary/aromatic N) is 3. The molecular weight excluding hydrogens is 296 g/mol. The van der Waals surface area contributed by atoms with Crippen LogP contribution < -0.4 is 5.32 Å². The number of anilines is 1. The molecule has 0 saturated carbocycles. The second-order valence-corrected chi connectivity index (χ2v) is 5.11. The molecule has 0 radical (unpaired) electrons. The number of carbonyl (C=O) groups is 2. The van der Waals surface area contributed by atoms with E-state index in [1.165, 1.54) is 12.3 Å². The molecule has 116 valence electrons. The van der Waals surface area contributed by atoms with Gasteiger partial charge in [-0.2, -0.15) is 5.10 Å². The van der Waals surface area contributed by atoms with Gasteiger partial charge in [0.05, 0.1) is 22.5 Å². The lowest BCUT2D eigenvalue weighted by atomic mass is 10.1. The zero-order chi connectivity index (χ0) is 16.6. The van der Waals surface area contributed by atoms with Crippen LogP contribution in [-0.2, 0) is 7.05 Å². The topological polar surface area (TPSA) is 97.1 Å². The molecule has 3 aromatic rings. The van der Waals surface area contributed by atoms with Crippen LogP contribution in [0.1, 0.15) is 26.4 Å². The Kier molecular flexibility index (Phi) is 3.53. The maximum absolute atomic E-state index is 12.4. The first-order chi connectivity index (χ1) is 11.0. The number of fused-ring (bicyclic) bond motifs is 1. The van der Waals surface area contributed by atoms with Gasteiger partial charge in [-0.25, -0.2) is 9.78 Å². The number of carboxylic acids is 1. The van der Waals surface area contributed by atoms with Crippen molar-refractivity contribution in [1.29, 1.82) is 0 Å².